The molecule has 1 aliphatic carbocycles. The van der Waals surface area contributed by atoms with E-state index in [9.17, 15) is 4.79 Å². The maximum absolute atomic E-state index is 11.1. The van der Waals surface area contributed by atoms with Gasteiger partial charge in [-0.3, -0.25) is 4.79 Å². The first-order valence-electron chi connectivity index (χ1n) is 4.68. The maximum atomic E-state index is 11.1. The number of benzene rings is 1. The lowest BCUT2D eigenvalue weighted by Gasteiger charge is -2.07. The largest absolute Gasteiger partial charge is 0.496 e. The Morgan fingerprint density at radius 3 is 2.64 bits per heavy atom. The van der Waals surface area contributed by atoms with Crippen molar-refractivity contribution in [2.75, 3.05) is 7.11 Å². The molecule has 0 radical (unpaired) electrons. The lowest BCUT2D eigenvalue weighted by atomic mass is 10.0. The molecular formula is C12H12O2. The van der Waals surface area contributed by atoms with Crippen LogP contribution >= 0.6 is 0 Å². The summed E-state index contributed by atoms with van der Waals surface area (Å²) < 4.78 is 5.24. The van der Waals surface area contributed by atoms with E-state index >= 15 is 0 Å². The molecule has 2 rings (SSSR count). The van der Waals surface area contributed by atoms with Gasteiger partial charge in [-0.15, -0.1) is 0 Å². The molecule has 2 nitrogen and oxygen atoms in total. The second kappa shape index (κ2) is 3.66. The summed E-state index contributed by atoms with van der Waals surface area (Å²) in [5.74, 6) is 1.05. The standard InChI is InChI=1S/C12H12O2/c1-14-12-5-3-2-4-11(12)9-6-7-10(13)8-9/h2-5,8H,6-7H2,1H3. The first-order valence-corrected chi connectivity index (χ1v) is 4.68. The van der Waals surface area contributed by atoms with Gasteiger partial charge in [0, 0.05) is 12.0 Å². The Kier molecular flexibility index (Phi) is 2.35. The molecule has 0 bridgehead atoms. The summed E-state index contributed by atoms with van der Waals surface area (Å²) >= 11 is 0. The molecule has 2 heteroatoms. The molecule has 0 saturated heterocycles. The minimum atomic E-state index is 0.214. The van der Waals surface area contributed by atoms with Gasteiger partial charge in [0.15, 0.2) is 5.78 Å². The van der Waals surface area contributed by atoms with E-state index in [0.29, 0.717) is 6.42 Å². The monoisotopic (exact) mass is 188 g/mol. The van der Waals surface area contributed by atoms with Gasteiger partial charge in [0.2, 0.25) is 0 Å². The summed E-state index contributed by atoms with van der Waals surface area (Å²) in [6.45, 7) is 0. The van der Waals surface area contributed by atoms with E-state index in [1.165, 1.54) is 0 Å². The molecule has 0 N–H and O–H groups in total. The Labute approximate surface area is 83.2 Å². The first-order chi connectivity index (χ1) is 6.81. The van der Waals surface area contributed by atoms with Crippen LogP contribution in [0, 0.1) is 0 Å². The summed E-state index contributed by atoms with van der Waals surface area (Å²) in [5, 5.41) is 0. The van der Waals surface area contributed by atoms with Gasteiger partial charge >= 0.3 is 0 Å². The molecule has 0 spiro atoms. The summed E-state index contributed by atoms with van der Waals surface area (Å²) in [6.07, 6.45) is 3.18. The van der Waals surface area contributed by atoms with E-state index in [0.717, 1.165) is 23.3 Å². The molecule has 0 saturated carbocycles. The topological polar surface area (TPSA) is 26.3 Å². The third kappa shape index (κ3) is 1.55. The quantitative estimate of drug-likeness (QED) is 0.712. The molecule has 14 heavy (non-hydrogen) atoms. The number of rotatable bonds is 2. The van der Waals surface area contributed by atoms with Gasteiger partial charge in [-0.25, -0.2) is 0 Å². The van der Waals surface area contributed by atoms with Crippen molar-refractivity contribution in [2.24, 2.45) is 0 Å². The highest BCUT2D eigenvalue weighted by Gasteiger charge is 2.15. The number of para-hydroxylation sites is 1. The summed E-state index contributed by atoms with van der Waals surface area (Å²) in [7, 11) is 1.65. The van der Waals surface area contributed by atoms with Crippen LogP contribution < -0.4 is 4.74 Å². The molecule has 0 amide bonds. The third-order valence-corrected chi connectivity index (χ3v) is 2.43. The molecule has 1 aliphatic rings. The smallest absolute Gasteiger partial charge is 0.156 e. The van der Waals surface area contributed by atoms with Crippen LogP contribution in [0.15, 0.2) is 30.3 Å². The van der Waals surface area contributed by atoms with Crippen molar-refractivity contribution in [1.29, 1.82) is 0 Å². The average Bonchev–Trinajstić information content (AvgIpc) is 2.65. The van der Waals surface area contributed by atoms with Crippen molar-refractivity contribution in [1.82, 2.24) is 0 Å². The number of ketones is 1. The van der Waals surface area contributed by atoms with Gasteiger partial charge in [-0.1, -0.05) is 18.2 Å². The van der Waals surface area contributed by atoms with E-state index in [1.807, 2.05) is 24.3 Å². The Morgan fingerprint density at radius 2 is 2.00 bits per heavy atom. The number of carbonyl (C=O) groups is 1. The SMILES string of the molecule is COc1ccccc1C1=CC(=O)CC1. The Hall–Kier alpha value is -1.57. The van der Waals surface area contributed by atoms with Crippen LogP contribution in [0.2, 0.25) is 0 Å². The predicted molar refractivity (Wildman–Crippen MR) is 55.2 cm³/mol. The van der Waals surface area contributed by atoms with Gasteiger partial charge in [-0.05, 0) is 24.1 Å². The number of ether oxygens (including phenoxy) is 1. The molecule has 0 atom stereocenters. The lowest BCUT2D eigenvalue weighted by Crippen LogP contribution is -1.89. The number of hydrogen-bond acceptors (Lipinski definition) is 2. The van der Waals surface area contributed by atoms with Gasteiger partial charge < -0.3 is 4.74 Å². The van der Waals surface area contributed by atoms with Gasteiger partial charge in [0.1, 0.15) is 5.75 Å². The van der Waals surface area contributed by atoms with Crippen LogP contribution in [0.1, 0.15) is 18.4 Å². The second-order valence-corrected chi connectivity index (χ2v) is 3.34. The fraction of sp³-hybridized carbons (Fsp3) is 0.250. The highest BCUT2D eigenvalue weighted by molar-refractivity contribution is 6.02. The molecule has 0 aromatic heterocycles. The Morgan fingerprint density at radius 1 is 1.21 bits per heavy atom. The summed E-state index contributed by atoms with van der Waals surface area (Å²) in [5.41, 5.74) is 2.13. The van der Waals surface area contributed by atoms with Crippen LogP contribution in [-0.4, -0.2) is 12.9 Å². The highest BCUT2D eigenvalue weighted by atomic mass is 16.5. The van der Waals surface area contributed by atoms with Crippen molar-refractivity contribution in [3.8, 4) is 5.75 Å². The van der Waals surface area contributed by atoms with Gasteiger partial charge in [0.05, 0.1) is 7.11 Å². The minimum absolute atomic E-state index is 0.214. The van der Waals surface area contributed by atoms with Crippen LogP contribution in [0.3, 0.4) is 0 Å². The molecule has 0 aliphatic heterocycles. The van der Waals surface area contributed by atoms with Crippen molar-refractivity contribution in [3.63, 3.8) is 0 Å². The van der Waals surface area contributed by atoms with Crippen molar-refractivity contribution >= 4 is 11.4 Å². The van der Waals surface area contributed by atoms with Gasteiger partial charge in [-0.2, -0.15) is 0 Å². The molecular weight excluding hydrogens is 176 g/mol. The van der Waals surface area contributed by atoms with Crippen LogP contribution in [0.25, 0.3) is 5.57 Å². The van der Waals surface area contributed by atoms with E-state index in [4.69, 9.17) is 4.74 Å². The highest BCUT2D eigenvalue weighted by Crippen LogP contribution is 2.31. The van der Waals surface area contributed by atoms with Gasteiger partial charge in [0.25, 0.3) is 0 Å². The molecule has 0 heterocycles. The van der Waals surface area contributed by atoms with Crippen molar-refractivity contribution < 1.29 is 9.53 Å². The zero-order chi connectivity index (χ0) is 9.97. The lowest BCUT2D eigenvalue weighted by molar-refractivity contribution is -0.114. The van der Waals surface area contributed by atoms with E-state index < -0.39 is 0 Å². The molecule has 1 aromatic carbocycles. The molecule has 0 fully saturated rings. The predicted octanol–water partition coefficient (Wildman–Crippen LogP) is 2.44. The first kappa shape index (κ1) is 9.00. The van der Waals surface area contributed by atoms with Crippen molar-refractivity contribution in [3.05, 3.63) is 35.9 Å². The summed E-state index contributed by atoms with van der Waals surface area (Å²) in [6, 6.07) is 7.80. The van der Waals surface area contributed by atoms with E-state index in [2.05, 4.69) is 0 Å². The van der Waals surface area contributed by atoms with Crippen LogP contribution in [-0.2, 0) is 4.79 Å². The maximum Gasteiger partial charge on any atom is 0.156 e. The fourth-order valence-electron chi connectivity index (χ4n) is 1.72. The molecule has 0 unspecified atom stereocenters. The minimum Gasteiger partial charge on any atom is -0.496 e. The number of carbonyl (C=O) groups excluding carboxylic acids is 1. The van der Waals surface area contributed by atoms with Crippen LogP contribution in [0.4, 0.5) is 0 Å². The Bertz CT molecular complexity index is 391. The fourth-order valence-corrected chi connectivity index (χ4v) is 1.72. The third-order valence-electron chi connectivity index (χ3n) is 2.43. The second-order valence-electron chi connectivity index (χ2n) is 3.34. The number of methoxy groups -OCH3 is 1. The normalized spacial score (nSPS) is 15.5. The Balaban J connectivity index is 2.41. The van der Waals surface area contributed by atoms with E-state index in [1.54, 1.807) is 13.2 Å². The zero-order valence-electron chi connectivity index (χ0n) is 8.12. The number of allylic oxidation sites excluding steroid dienone is 2. The molecule has 1 aromatic rings. The number of hydrogen-bond donors (Lipinski definition) is 0. The zero-order valence-corrected chi connectivity index (χ0v) is 8.12. The molecule has 72 valence electrons. The van der Waals surface area contributed by atoms with Crippen molar-refractivity contribution in [2.45, 2.75) is 12.8 Å². The average molecular weight is 188 g/mol. The summed E-state index contributed by atoms with van der Waals surface area (Å²) in [4.78, 5) is 11.1. The van der Waals surface area contributed by atoms with Crippen LogP contribution in [0.5, 0.6) is 5.75 Å². The van der Waals surface area contributed by atoms with E-state index in [-0.39, 0.29) is 5.78 Å².